The van der Waals surface area contributed by atoms with Crippen LogP contribution in [0.25, 0.3) is 11.2 Å². The number of nitriles is 1. The van der Waals surface area contributed by atoms with Crippen LogP contribution in [0.15, 0.2) is 60.3 Å². The Labute approximate surface area is 190 Å². The molecule has 158 valence electrons. The van der Waals surface area contributed by atoms with Gasteiger partial charge in [-0.3, -0.25) is 0 Å². The van der Waals surface area contributed by atoms with Crippen LogP contribution in [0.5, 0.6) is 5.75 Å². The van der Waals surface area contributed by atoms with Crippen LogP contribution in [0, 0.1) is 24.1 Å². The van der Waals surface area contributed by atoms with E-state index in [9.17, 15) is 9.65 Å². The Morgan fingerprint density at radius 1 is 1.22 bits per heavy atom. The molecule has 0 saturated carbocycles. The van der Waals surface area contributed by atoms with Crippen LogP contribution in [0.4, 0.5) is 4.39 Å². The summed E-state index contributed by atoms with van der Waals surface area (Å²) in [7, 11) is 0. The molecular formula is C26H19ClFN3O. The SMILES string of the molecule is C/C(C#N)=C1/c2ccc(Cc3c(C)nc4c(Cl)cccn34)cc2COc2cc(F)ccc21. The van der Waals surface area contributed by atoms with Crippen molar-refractivity contribution in [2.75, 3.05) is 0 Å². The molecule has 0 radical (unpaired) electrons. The standard InChI is InChI=1S/C26H19ClFN3O/c1-15(13-29)25-20-7-5-17(10-18(20)14-32-24-12-19(28)6-8-21(24)25)11-23-16(2)30-26-22(27)4-3-9-31(23)26/h3-10,12H,11,14H2,1-2H3/b25-15+. The summed E-state index contributed by atoms with van der Waals surface area (Å²) in [4.78, 5) is 4.62. The highest BCUT2D eigenvalue weighted by Gasteiger charge is 2.22. The molecule has 0 N–H and O–H groups in total. The molecular weight excluding hydrogens is 425 g/mol. The zero-order chi connectivity index (χ0) is 22.4. The first-order valence-electron chi connectivity index (χ1n) is 10.2. The minimum absolute atomic E-state index is 0.291. The van der Waals surface area contributed by atoms with Crippen LogP contribution >= 0.6 is 11.6 Å². The summed E-state index contributed by atoms with van der Waals surface area (Å²) in [6.07, 6.45) is 2.63. The summed E-state index contributed by atoms with van der Waals surface area (Å²) in [5.74, 6) is 0.0747. The molecule has 6 heteroatoms. The lowest BCUT2D eigenvalue weighted by Gasteiger charge is -2.13. The second-order valence-corrected chi connectivity index (χ2v) is 8.31. The van der Waals surface area contributed by atoms with Gasteiger partial charge in [0.25, 0.3) is 0 Å². The molecule has 0 aliphatic carbocycles. The number of ether oxygens (including phenoxy) is 1. The van der Waals surface area contributed by atoms with E-state index in [-0.39, 0.29) is 5.82 Å². The Morgan fingerprint density at radius 3 is 2.84 bits per heavy atom. The number of aryl methyl sites for hydroxylation is 1. The minimum atomic E-state index is -0.369. The molecule has 2 aromatic heterocycles. The first-order chi connectivity index (χ1) is 15.5. The van der Waals surface area contributed by atoms with Crippen molar-refractivity contribution in [2.24, 2.45) is 0 Å². The van der Waals surface area contributed by atoms with Gasteiger partial charge in [0.2, 0.25) is 0 Å². The lowest BCUT2D eigenvalue weighted by Crippen LogP contribution is -2.01. The fourth-order valence-electron chi connectivity index (χ4n) is 4.31. The van der Waals surface area contributed by atoms with E-state index in [0.717, 1.165) is 44.9 Å². The van der Waals surface area contributed by atoms with Gasteiger partial charge in [-0.05, 0) is 54.8 Å². The fraction of sp³-hybridized carbons (Fsp3) is 0.154. The van der Waals surface area contributed by atoms with Crippen molar-refractivity contribution in [3.8, 4) is 11.8 Å². The van der Waals surface area contributed by atoms with Crippen molar-refractivity contribution in [3.63, 3.8) is 0 Å². The number of pyridine rings is 1. The predicted molar refractivity (Wildman–Crippen MR) is 122 cm³/mol. The largest absolute Gasteiger partial charge is 0.488 e. The molecule has 5 rings (SSSR count). The van der Waals surface area contributed by atoms with Gasteiger partial charge >= 0.3 is 0 Å². The highest BCUT2D eigenvalue weighted by atomic mass is 35.5. The van der Waals surface area contributed by atoms with Gasteiger partial charge < -0.3 is 9.14 Å². The minimum Gasteiger partial charge on any atom is -0.488 e. The van der Waals surface area contributed by atoms with Gasteiger partial charge in [0.05, 0.1) is 16.8 Å². The van der Waals surface area contributed by atoms with Crippen LogP contribution in [-0.2, 0) is 13.0 Å². The third-order valence-electron chi connectivity index (χ3n) is 5.85. The quantitative estimate of drug-likeness (QED) is 0.343. The van der Waals surface area contributed by atoms with E-state index < -0.39 is 0 Å². The monoisotopic (exact) mass is 443 g/mol. The first-order valence-corrected chi connectivity index (χ1v) is 10.6. The van der Waals surface area contributed by atoms with Crippen LogP contribution in [0.1, 0.15) is 40.6 Å². The summed E-state index contributed by atoms with van der Waals surface area (Å²) in [5.41, 5.74) is 7.76. The molecule has 4 aromatic rings. The highest BCUT2D eigenvalue weighted by molar-refractivity contribution is 6.33. The Kier molecular flexibility index (Phi) is 4.96. The molecule has 1 aliphatic heterocycles. The molecule has 0 spiro atoms. The number of benzene rings is 2. The molecule has 1 aliphatic rings. The van der Waals surface area contributed by atoms with Gasteiger partial charge in [-0.25, -0.2) is 9.37 Å². The van der Waals surface area contributed by atoms with Gasteiger partial charge in [0.1, 0.15) is 18.2 Å². The van der Waals surface area contributed by atoms with Crippen molar-refractivity contribution in [1.29, 1.82) is 5.26 Å². The van der Waals surface area contributed by atoms with Gasteiger partial charge in [-0.2, -0.15) is 5.26 Å². The Morgan fingerprint density at radius 2 is 2.03 bits per heavy atom. The maximum atomic E-state index is 13.9. The molecule has 0 bridgehead atoms. The number of fused-ring (bicyclic) bond motifs is 3. The first kappa shape index (κ1) is 20.3. The van der Waals surface area contributed by atoms with Crippen molar-refractivity contribution >= 4 is 22.8 Å². The zero-order valence-electron chi connectivity index (χ0n) is 17.6. The lowest BCUT2D eigenvalue weighted by atomic mass is 9.89. The summed E-state index contributed by atoms with van der Waals surface area (Å²) < 4.78 is 21.8. The Bertz CT molecular complexity index is 1460. The molecule has 0 atom stereocenters. The average Bonchev–Trinajstić information content (AvgIpc) is 3.01. The Hall–Kier alpha value is -3.62. The molecule has 0 fully saturated rings. The van der Waals surface area contributed by atoms with Crippen LogP contribution in [-0.4, -0.2) is 9.38 Å². The molecule has 2 aromatic carbocycles. The number of allylic oxidation sites excluding steroid dienone is 1. The third kappa shape index (κ3) is 3.34. The summed E-state index contributed by atoms with van der Waals surface area (Å²) in [6.45, 7) is 4.05. The second-order valence-electron chi connectivity index (χ2n) is 7.90. The van der Waals surface area contributed by atoms with Crippen LogP contribution in [0.3, 0.4) is 0 Å². The normalized spacial score (nSPS) is 14.2. The van der Waals surface area contributed by atoms with Gasteiger partial charge in [-0.1, -0.05) is 29.8 Å². The van der Waals surface area contributed by atoms with Gasteiger partial charge in [-0.15, -0.1) is 0 Å². The van der Waals surface area contributed by atoms with E-state index in [1.165, 1.54) is 12.1 Å². The number of rotatable bonds is 2. The van der Waals surface area contributed by atoms with Crippen molar-refractivity contribution in [1.82, 2.24) is 9.38 Å². The van der Waals surface area contributed by atoms with E-state index in [4.69, 9.17) is 16.3 Å². The summed E-state index contributed by atoms with van der Waals surface area (Å²) in [6, 6.07) is 16.6. The van der Waals surface area contributed by atoms with Gasteiger partial charge in [0.15, 0.2) is 5.65 Å². The van der Waals surface area contributed by atoms with Crippen LogP contribution < -0.4 is 4.74 Å². The fourth-order valence-corrected chi connectivity index (χ4v) is 4.51. The number of nitrogens with zero attached hydrogens (tertiary/aromatic N) is 3. The second kappa shape index (κ2) is 7.81. The zero-order valence-corrected chi connectivity index (χ0v) is 18.4. The number of hydrogen-bond acceptors (Lipinski definition) is 3. The van der Waals surface area contributed by atoms with Crippen LogP contribution in [0.2, 0.25) is 5.02 Å². The van der Waals surface area contributed by atoms with Gasteiger partial charge in [0, 0.05) is 41.1 Å². The van der Waals surface area contributed by atoms with E-state index in [0.29, 0.717) is 29.4 Å². The smallest absolute Gasteiger partial charge is 0.156 e. The van der Waals surface area contributed by atoms with E-state index in [1.807, 2.05) is 35.7 Å². The van der Waals surface area contributed by atoms with Crippen molar-refractivity contribution in [2.45, 2.75) is 26.9 Å². The van der Waals surface area contributed by atoms with E-state index in [1.54, 1.807) is 13.0 Å². The highest BCUT2D eigenvalue weighted by Crippen LogP contribution is 2.39. The molecule has 0 amide bonds. The average molecular weight is 444 g/mol. The molecule has 0 unspecified atom stereocenters. The maximum Gasteiger partial charge on any atom is 0.156 e. The molecule has 4 nitrogen and oxygen atoms in total. The molecule has 0 saturated heterocycles. The molecule has 32 heavy (non-hydrogen) atoms. The maximum absolute atomic E-state index is 13.9. The number of hydrogen-bond donors (Lipinski definition) is 0. The van der Waals surface area contributed by atoms with Crippen molar-refractivity contribution in [3.05, 3.63) is 105 Å². The van der Waals surface area contributed by atoms with Crippen molar-refractivity contribution < 1.29 is 9.13 Å². The number of aromatic nitrogens is 2. The van der Waals surface area contributed by atoms with E-state index >= 15 is 0 Å². The Balaban J connectivity index is 1.61. The van der Waals surface area contributed by atoms with E-state index in [2.05, 4.69) is 23.2 Å². The summed E-state index contributed by atoms with van der Waals surface area (Å²) in [5, 5.41) is 10.2. The lowest BCUT2D eigenvalue weighted by molar-refractivity contribution is 0.305. The number of halogens is 2. The summed E-state index contributed by atoms with van der Waals surface area (Å²) >= 11 is 6.32. The predicted octanol–water partition coefficient (Wildman–Crippen LogP) is 6.26. The molecule has 3 heterocycles. The topological polar surface area (TPSA) is 50.3 Å². The number of imidazole rings is 1. The third-order valence-corrected chi connectivity index (χ3v) is 6.15.